The molecule has 0 N–H and O–H groups in total. The summed E-state index contributed by atoms with van der Waals surface area (Å²) in [5, 5.41) is 1.44. The van der Waals surface area contributed by atoms with Crippen LogP contribution >= 0.6 is 23.2 Å². The van der Waals surface area contributed by atoms with Gasteiger partial charge in [-0.15, -0.1) is 0 Å². The van der Waals surface area contributed by atoms with Crippen LogP contribution in [0, 0.1) is 11.8 Å². The van der Waals surface area contributed by atoms with Gasteiger partial charge in [0.15, 0.2) is 0 Å². The van der Waals surface area contributed by atoms with Crippen LogP contribution in [-0.4, -0.2) is 19.3 Å². The summed E-state index contributed by atoms with van der Waals surface area (Å²) >= 11 is 11.7. The van der Waals surface area contributed by atoms with Crippen molar-refractivity contribution in [3.8, 4) is 11.8 Å². The van der Waals surface area contributed by atoms with Gasteiger partial charge in [-0.1, -0.05) is 47.2 Å². The Morgan fingerprint density at radius 1 is 0.955 bits per heavy atom. The van der Waals surface area contributed by atoms with Crippen molar-refractivity contribution in [3.05, 3.63) is 69.7 Å². The lowest BCUT2D eigenvalue weighted by atomic mass is 10.1. The third kappa shape index (κ3) is 4.25. The van der Waals surface area contributed by atoms with Crippen LogP contribution in [0.1, 0.15) is 17.2 Å². The number of halogens is 2. The molecule has 0 spiro atoms. The summed E-state index contributed by atoms with van der Waals surface area (Å²) in [7, 11) is 0. The number of epoxide rings is 1. The Hall–Kier alpha value is -1.50. The molecule has 1 heterocycles. The van der Waals surface area contributed by atoms with Crippen LogP contribution < -0.4 is 0 Å². The van der Waals surface area contributed by atoms with Crippen molar-refractivity contribution in [1.82, 2.24) is 0 Å². The van der Waals surface area contributed by atoms with Crippen LogP contribution in [0.5, 0.6) is 0 Å². The molecule has 1 aliphatic rings. The topological polar surface area (TPSA) is 21.8 Å². The molecule has 0 amide bonds. The molecular formula is C18H14Cl2O2. The lowest BCUT2D eigenvalue weighted by molar-refractivity contribution is 0.145. The molecule has 1 aliphatic heterocycles. The summed E-state index contributed by atoms with van der Waals surface area (Å²) in [5.74, 6) is 6.00. The fourth-order valence-electron chi connectivity index (χ4n) is 2.11. The van der Waals surface area contributed by atoms with Crippen molar-refractivity contribution < 1.29 is 9.47 Å². The summed E-state index contributed by atoms with van der Waals surface area (Å²) in [6.07, 6.45) is 0.222. The molecule has 0 bridgehead atoms. The lowest BCUT2D eigenvalue weighted by Gasteiger charge is -1.97. The summed E-state index contributed by atoms with van der Waals surface area (Å²) < 4.78 is 11.1. The Kier molecular flexibility index (Phi) is 5.02. The number of ether oxygens (including phenoxy) is 2. The third-order valence-electron chi connectivity index (χ3n) is 3.31. The number of hydrogen-bond acceptors (Lipinski definition) is 2. The van der Waals surface area contributed by atoms with Crippen LogP contribution in [0.15, 0.2) is 48.5 Å². The first-order valence-corrected chi connectivity index (χ1v) is 7.71. The van der Waals surface area contributed by atoms with Gasteiger partial charge in [0.2, 0.25) is 0 Å². The van der Waals surface area contributed by atoms with E-state index in [1.165, 1.54) is 0 Å². The minimum absolute atomic E-state index is 0.110. The van der Waals surface area contributed by atoms with Crippen molar-refractivity contribution in [1.29, 1.82) is 0 Å². The lowest BCUT2D eigenvalue weighted by Crippen LogP contribution is -2.02. The quantitative estimate of drug-likeness (QED) is 0.467. The van der Waals surface area contributed by atoms with Gasteiger partial charge in [0.1, 0.15) is 18.8 Å². The van der Waals surface area contributed by atoms with Gasteiger partial charge < -0.3 is 9.47 Å². The molecule has 1 fully saturated rings. The standard InChI is InChI=1S/C18H14Cl2O2/c19-15-7-3-13(4-8-15)2-1-11-21-12-17-18(22-17)14-5-9-16(20)10-6-14/h3-10,17-18H,11-12H2. The maximum Gasteiger partial charge on any atom is 0.112 e. The van der Waals surface area contributed by atoms with Gasteiger partial charge in [0, 0.05) is 15.6 Å². The second kappa shape index (κ2) is 7.17. The van der Waals surface area contributed by atoms with Gasteiger partial charge in [-0.3, -0.25) is 0 Å². The van der Waals surface area contributed by atoms with Crippen LogP contribution in [0.2, 0.25) is 10.0 Å². The van der Waals surface area contributed by atoms with E-state index in [1.54, 1.807) is 0 Å². The molecule has 22 heavy (non-hydrogen) atoms. The third-order valence-corrected chi connectivity index (χ3v) is 3.82. The van der Waals surface area contributed by atoms with E-state index in [0.717, 1.165) is 16.1 Å². The van der Waals surface area contributed by atoms with E-state index in [1.807, 2.05) is 48.5 Å². The molecule has 112 valence electrons. The fourth-order valence-corrected chi connectivity index (χ4v) is 2.36. The highest BCUT2D eigenvalue weighted by Crippen LogP contribution is 2.38. The van der Waals surface area contributed by atoms with E-state index in [2.05, 4.69) is 11.8 Å². The van der Waals surface area contributed by atoms with Gasteiger partial charge in [0.05, 0.1) is 6.61 Å². The van der Waals surface area contributed by atoms with Gasteiger partial charge in [0.25, 0.3) is 0 Å². The summed E-state index contributed by atoms with van der Waals surface area (Å²) in [5.41, 5.74) is 2.06. The predicted octanol–water partition coefficient (Wildman–Crippen LogP) is 4.50. The van der Waals surface area contributed by atoms with E-state index < -0.39 is 0 Å². The second-order valence-electron chi connectivity index (χ2n) is 4.97. The van der Waals surface area contributed by atoms with E-state index in [-0.39, 0.29) is 12.2 Å². The van der Waals surface area contributed by atoms with Gasteiger partial charge in [-0.05, 0) is 42.0 Å². The van der Waals surface area contributed by atoms with Gasteiger partial charge >= 0.3 is 0 Å². The first kappa shape index (κ1) is 15.4. The maximum absolute atomic E-state index is 5.86. The normalized spacial score (nSPS) is 19.4. The second-order valence-corrected chi connectivity index (χ2v) is 5.84. The monoisotopic (exact) mass is 332 g/mol. The van der Waals surface area contributed by atoms with E-state index in [9.17, 15) is 0 Å². The first-order chi connectivity index (χ1) is 10.7. The summed E-state index contributed by atoms with van der Waals surface area (Å²) in [6.45, 7) is 0.929. The molecule has 2 unspecified atom stereocenters. The van der Waals surface area contributed by atoms with Crippen molar-refractivity contribution in [2.45, 2.75) is 12.2 Å². The summed E-state index contributed by atoms with van der Waals surface area (Å²) in [4.78, 5) is 0. The van der Waals surface area contributed by atoms with Crippen LogP contribution in [0.3, 0.4) is 0 Å². The molecule has 4 heteroatoms. The van der Waals surface area contributed by atoms with E-state index >= 15 is 0 Å². The van der Waals surface area contributed by atoms with Crippen LogP contribution in [0.25, 0.3) is 0 Å². The summed E-state index contributed by atoms with van der Waals surface area (Å²) in [6, 6.07) is 15.1. The molecule has 2 aromatic rings. The van der Waals surface area contributed by atoms with Crippen molar-refractivity contribution in [2.75, 3.05) is 13.2 Å². The van der Waals surface area contributed by atoms with E-state index in [4.69, 9.17) is 32.7 Å². The zero-order valence-electron chi connectivity index (χ0n) is 11.8. The molecule has 0 aliphatic carbocycles. The Balaban J connectivity index is 1.40. The number of hydrogen-bond donors (Lipinski definition) is 0. The zero-order chi connectivity index (χ0) is 15.4. The SMILES string of the molecule is Clc1ccc(C#CCOCC2OC2c2ccc(Cl)cc2)cc1. The Morgan fingerprint density at radius 2 is 1.59 bits per heavy atom. The maximum atomic E-state index is 5.86. The number of benzene rings is 2. The predicted molar refractivity (Wildman–Crippen MR) is 88.2 cm³/mol. The average Bonchev–Trinajstić information content (AvgIpc) is 3.29. The molecule has 1 saturated heterocycles. The first-order valence-electron chi connectivity index (χ1n) is 6.95. The van der Waals surface area contributed by atoms with Gasteiger partial charge in [-0.25, -0.2) is 0 Å². The molecule has 2 nitrogen and oxygen atoms in total. The Labute approximate surface area is 140 Å². The molecular weight excluding hydrogens is 319 g/mol. The smallest absolute Gasteiger partial charge is 0.112 e. The Bertz CT molecular complexity index is 684. The molecule has 2 aromatic carbocycles. The molecule has 2 atom stereocenters. The zero-order valence-corrected chi connectivity index (χ0v) is 13.3. The van der Waals surface area contributed by atoms with E-state index in [0.29, 0.717) is 18.2 Å². The minimum atomic E-state index is 0.110. The van der Waals surface area contributed by atoms with Crippen molar-refractivity contribution in [2.24, 2.45) is 0 Å². The highest BCUT2D eigenvalue weighted by Gasteiger charge is 2.40. The molecule has 0 radical (unpaired) electrons. The minimum Gasteiger partial charge on any atom is -0.366 e. The molecule has 0 saturated carbocycles. The van der Waals surface area contributed by atoms with Crippen LogP contribution in [0.4, 0.5) is 0 Å². The highest BCUT2D eigenvalue weighted by molar-refractivity contribution is 6.30. The van der Waals surface area contributed by atoms with Crippen LogP contribution in [-0.2, 0) is 9.47 Å². The van der Waals surface area contributed by atoms with Crippen molar-refractivity contribution in [3.63, 3.8) is 0 Å². The Morgan fingerprint density at radius 3 is 2.27 bits per heavy atom. The fraction of sp³-hybridized carbons (Fsp3) is 0.222. The number of rotatable bonds is 4. The average molecular weight is 333 g/mol. The molecule has 3 rings (SSSR count). The highest BCUT2D eigenvalue weighted by atomic mass is 35.5. The largest absolute Gasteiger partial charge is 0.366 e. The molecule has 0 aromatic heterocycles. The van der Waals surface area contributed by atoms with Gasteiger partial charge in [-0.2, -0.15) is 0 Å². The van der Waals surface area contributed by atoms with Crippen molar-refractivity contribution >= 4 is 23.2 Å².